The second-order valence-corrected chi connectivity index (χ2v) is 16.5. The summed E-state index contributed by atoms with van der Waals surface area (Å²) < 4.78 is 17.7. The fourth-order valence-electron chi connectivity index (χ4n) is 9.02. The number of hydrogen-bond donors (Lipinski definition) is 2. The number of likely N-dealkylation sites (N-methyl/N-ethyl adjacent to an activating group) is 1. The fraction of sp³-hybridized carbons (Fsp3) is 0.347. The normalized spacial score (nSPS) is 20.0. The number of benzene rings is 4. The minimum atomic E-state index is -0.408. The van der Waals surface area contributed by atoms with Crippen LogP contribution < -0.4 is 0 Å². The van der Waals surface area contributed by atoms with Crippen LogP contribution in [0, 0.1) is 5.92 Å². The van der Waals surface area contributed by atoms with Crippen LogP contribution in [0.15, 0.2) is 122 Å². The van der Waals surface area contributed by atoms with Gasteiger partial charge in [-0.25, -0.2) is 14.8 Å². The van der Waals surface area contributed by atoms with Gasteiger partial charge in [-0.2, -0.15) is 0 Å². The molecule has 12 heteroatoms. The van der Waals surface area contributed by atoms with Crippen molar-refractivity contribution in [2.24, 2.45) is 5.92 Å². The highest BCUT2D eigenvalue weighted by atomic mass is 16.6. The Balaban J connectivity index is 0.860. The number of likely N-dealkylation sites (tertiary alicyclic amines) is 1. The molecular weight excluding hydrogens is 767 g/mol. The second-order valence-electron chi connectivity index (χ2n) is 16.5. The van der Waals surface area contributed by atoms with E-state index in [1.54, 1.807) is 4.90 Å². The van der Waals surface area contributed by atoms with Crippen molar-refractivity contribution in [3.63, 3.8) is 0 Å². The number of amides is 2. The van der Waals surface area contributed by atoms with Crippen molar-refractivity contribution in [3.8, 4) is 33.6 Å². The molecule has 0 spiro atoms. The van der Waals surface area contributed by atoms with Gasteiger partial charge in [-0.05, 0) is 85.5 Å². The molecule has 6 aromatic rings. The third kappa shape index (κ3) is 8.88. The molecule has 314 valence electrons. The van der Waals surface area contributed by atoms with E-state index in [0.29, 0.717) is 24.9 Å². The largest absolute Gasteiger partial charge is 0.444 e. The number of carbonyl (C=O) groups is 2. The standard InChI is InChI=1S/C49H53N7O5/c1-54(2)45(39-12-7-4-8-13-39)48(57)55-25-9-14-42(55)46-50-29-40(52-46)37-19-15-35(16-20-37)36-17-21-38(22-18-36)41-30-51-47(53-41)43-32-60-44(28-33-23-26-59-27-24-33)56(43)49(58)61-31-34-10-5-3-6-11-34/h3-8,10-13,15-22,29-30,33,42-45H,9,14,23-28,31-32H2,1-2H3,(H,50,52)(H,51,53)/t42-,43-,44?,45+/m0/s1. The summed E-state index contributed by atoms with van der Waals surface area (Å²) in [5.74, 6) is 2.00. The van der Waals surface area contributed by atoms with Gasteiger partial charge in [-0.1, -0.05) is 109 Å². The first kappa shape index (κ1) is 40.3. The summed E-state index contributed by atoms with van der Waals surface area (Å²) >= 11 is 0. The lowest BCUT2D eigenvalue weighted by Crippen LogP contribution is -2.40. The van der Waals surface area contributed by atoms with E-state index >= 15 is 0 Å². The molecule has 3 aliphatic rings. The van der Waals surface area contributed by atoms with Crippen LogP contribution in [-0.4, -0.2) is 93.3 Å². The lowest BCUT2D eigenvalue weighted by atomic mass is 9.95. The van der Waals surface area contributed by atoms with Gasteiger partial charge in [0.2, 0.25) is 5.91 Å². The lowest BCUT2D eigenvalue weighted by molar-refractivity contribution is -0.137. The quantitative estimate of drug-likeness (QED) is 0.125. The zero-order chi connectivity index (χ0) is 41.7. The number of hydrogen-bond acceptors (Lipinski definition) is 8. The Morgan fingerprint density at radius 2 is 1.33 bits per heavy atom. The molecule has 4 atom stereocenters. The molecule has 0 bridgehead atoms. The number of aromatic nitrogens is 4. The van der Waals surface area contributed by atoms with Crippen molar-refractivity contribution in [2.45, 2.75) is 63.1 Å². The number of nitrogens with zero attached hydrogens (tertiary/aromatic N) is 5. The third-order valence-corrected chi connectivity index (χ3v) is 12.3. The summed E-state index contributed by atoms with van der Waals surface area (Å²) in [6.07, 6.45) is 7.32. The first-order valence-corrected chi connectivity index (χ1v) is 21.4. The Kier molecular flexibility index (Phi) is 12.1. The molecule has 3 saturated heterocycles. The minimum Gasteiger partial charge on any atom is -0.444 e. The van der Waals surface area contributed by atoms with Crippen LogP contribution >= 0.6 is 0 Å². The molecule has 1 unspecified atom stereocenters. The van der Waals surface area contributed by atoms with E-state index in [2.05, 4.69) is 58.5 Å². The summed E-state index contributed by atoms with van der Waals surface area (Å²) in [4.78, 5) is 50.0. The Bertz CT molecular complexity index is 2380. The molecule has 2 aromatic heterocycles. The number of rotatable bonds is 12. The number of ether oxygens (including phenoxy) is 3. The van der Waals surface area contributed by atoms with Crippen molar-refractivity contribution >= 4 is 12.0 Å². The summed E-state index contributed by atoms with van der Waals surface area (Å²) in [6, 6.07) is 35.7. The van der Waals surface area contributed by atoms with Gasteiger partial charge in [0.25, 0.3) is 0 Å². The van der Waals surface area contributed by atoms with E-state index in [4.69, 9.17) is 24.2 Å². The number of aromatic amines is 2. The van der Waals surface area contributed by atoms with Gasteiger partial charge in [-0.3, -0.25) is 14.6 Å². The van der Waals surface area contributed by atoms with Crippen molar-refractivity contribution in [1.29, 1.82) is 0 Å². The molecule has 61 heavy (non-hydrogen) atoms. The Morgan fingerprint density at radius 1 is 0.754 bits per heavy atom. The van der Waals surface area contributed by atoms with Crippen LogP contribution in [0.4, 0.5) is 4.79 Å². The van der Waals surface area contributed by atoms with E-state index in [1.807, 2.05) is 97.0 Å². The van der Waals surface area contributed by atoms with Gasteiger partial charge in [0.15, 0.2) is 0 Å². The molecule has 3 fully saturated rings. The Morgan fingerprint density at radius 3 is 1.93 bits per heavy atom. The van der Waals surface area contributed by atoms with Crippen molar-refractivity contribution in [3.05, 3.63) is 144 Å². The zero-order valence-corrected chi connectivity index (χ0v) is 34.8. The third-order valence-electron chi connectivity index (χ3n) is 12.3. The molecule has 0 aliphatic carbocycles. The molecule has 0 saturated carbocycles. The molecular formula is C49H53N7O5. The van der Waals surface area contributed by atoms with Gasteiger partial charge in [-0.15, -0.1) is 0 Å². The Hall–Kier alpha value is -6.08. The molecule has 4 aromatic carbocycles. The molecule has 12 nitrogen and oxygen atoms in total. The maximum Gasteiger partial charge on any atom is 0.412 e. The summed E-state index contributed by atoms with van der Waals surface area (Å²) in [6.45, 7) is 2.70. The van der Waals surface area contributed by atoms with Gasteiger partial charge in [0.05, 0.1) is 36.4 Å². The number of H-pyrrole nitrogens is 2. The van der Waals surface area contributed by atoms with Crippen LogP contribution in [0.2, 0.25) is 0 Å². The monoisotopic (exact) mass is 819 g/mol. The van der Waals surface area contributed by atoms with Crippen LogP contribution in [0.3, 0.4) is 0 Å². The van der Waals surface area contributed by atoms with Crippen LogP contribution in [-0.2, 0) is 25.6 Å². The van der Waals surface area contributed by atoms with Gasteiger partial charge >= 0.3 is 6.09 Å². The smallest absolute Gasteiger partial charge is 0.412 e. The van der Waals surface area contributed by atoms with E-state index in [1.165, 1.54) is 0 Å². The average molecular weight is 820 g/mol. The summed E-state index contributed by atoms with van der Waals surface area (Å²) in [5, 5.41) is 0. The zero-order valence-electron chi connectivity index (χ0n) is 34.8. The first-order valence-electron chi connectivity index (χ1n) is 21.4. The van der Waals surface area contributed by atoms with Crippen molar-refractivity contribution in [1.82, 2.24) is 34.6 Å². The minimum absolute atomic E-state index is 0.0953. The molecule has 9 rings (SSSR count). The highest BCUT2D eigenvalue weighted by molar-refractivity contribution is 5.84. The number of carbonyl (C=O) groups excluding carboxylic acids is 2. The highest BCUT2D eigenvalue weighted by Crippen LogP contribution is 2.37. The van der Waals surface area contributed by atoms with E-state index < -0.39 is 18.4 Å². The maximum atomic E-state index is 14.0. The summed E-state index contributed by atoms with van der Waals surface area (Å²) in [5.41, 5.74) is 7.89. The molecule has 2 N–H and O–H groups in total. The first-order chi connectivity index (χ1) is 29.9. The molecule has 5 heterocycles. The average Bonchev–Trinajstić information content (AvgIpc) is 4.14. The lowest BCUT2D eigenvalue weighted by Gasteiger charge is -2.31. The van der Waals surface area contributed by atoms with Crippen molar-refractivity contribution in [2.75, 3.05) is 40.5 Å². The van der Waals surface area contributed by atoms with Gasteiger partial charge < -0.3 is 29.1 Å². The predicted molar refractivity (Wildman–Crippen MR) is 233 cm³/mol. The van der Waals surface area contributed by atoms with E-state index in [9.17, 15) is 9.59 Å². The number of imidazole rings is 2. The Labute approximate surface area is 356 Å². The van der Waals surface area contributed by atoms with Crippen LogP contribution in [0.25, 0.3) is 33.6 Å². The maximum absolute atomic E-state index is 14.0. The van der Waals surface area contributed by atoms with Crippen molar-refractivity contribution < 1.29 is 23.8 Å². The van der Waals surface area contributed by atoms with E-state index in [0.717, 1.165) is 95.9 Å². The second kappa shape index (κ2) is 18.3. The number of nitrogens with one attached hydrogen (secondary N) is 2. The van der Waals surface area contributed by atoms with Crippen LogP contribution in [0.5, 0.6) is 0 Å². The fourth-order valence-corrected chi connectivity index (χ4v) is 9.02. The van der Waals surface area contributed by atoms with Gasteiger partial charge in [0.1, 0.15) is 36.6 Å². The highest BCUT2D eigenvalue weighted by Gasteiger charge is 2.43. The van der Waals surface area contributed by atoms with Gasteiger partial charge in [0, 0.05) is 19.8 Å². The summed E-state index contributed by atoms with van der Waals surface area (Å²) in [7, 11) is 3.91. The molecule has 2 amide bonds. The molecule has 0 radical (unpaired) electrons. The SMILES string of the molecule is CN(C)[C@@H](C(=O)N1CCC[C@H]1c1ncc(-c2ccc(-c3ccc(-c4cnc([C@@H]5COC(CC6CCOCC6)N5C(=O)OCc5ccccc5)[nH]4)cc3)cc2)[nH]1)c1ccccc1. The predicted octanol–water partition coefficient (Wildman–Crippen LogP) is 8.95. The molecule has 3 aliphatic heterocycles. The van der Waals surface area contributed by atoms with E-state index in [-0.39, 0.29) is 24.6 Å². The topological polar surface area (TPSA) is 129 Å². The van der Waals surface area contributed by atoms with Crippen LogP contribution in [0.1, 0.15) is 73.0 Å².